The third-order valence-corrected chi connectivity index (χ3v) is 17.2. The third kappa shape index (κ3) is 86.8. The fourth-order valence-electron chi connectivity index (χ4n) is 11.9. The molecule has 12 N–H and O–H groups in total. The van der Waals surface area contributed by atoms with Crippen LogP contribution in [-0.4, -0.2) is 85.0 Å². The molecule has 0 rings (SSSR count). The first-order valence-corrected chi connectivity index (χ1v) is 41.6. The maximum absolute atomic E-state index is 12.7. The van der Waals surface area contributed by atoms with Crippen LogP contribution in [0.3, 0.4) is 0 Å². The van der Waals surface area contributed by atoms with Crippen LogP contribution in [0.25, 0.3) is 0 Å². The monoisotopic (exact) mass is 1430 g/mol. The summed E-state index contributed by atoms with van der Waals surface area (Å²) in [5.74, 6) is -8.38. The number of allylic oxidation sites excluding steroid dienone is 8. The van der Waals surface area contributed by atoms with Crippen LogP contribution in [0.4, 0.5) is 0 Å². The molecule has 18 nitrogen and oxygen atoms in total. The van der Waals surface area contributed by atoms with Crippen LogP contribution in [-0.2, 0) is 29.6 Å². The summed E-state index contributed by atoms with van der Waals surface area (Å²) >= 11 is 0. The molecule has 0 aromatic heterocycles. The lowest BCUT2D eigenvalue weighted by atomic mass is 10.1. The number of hydrogen-bond acceptors (Lipinski definition) is 12. The number of rotatable bonds is 68. The van der Waals surface area contributed by atoms with E-state index < -0.39 is 33.8 Å². The van der Waals surface area contributed by atoms with Crippen molar-refractivity contribution >= 4 is 34.0 Å². The molecule has 0 atom stereocenters. The van der Waals surface area contributed by atoms with Crippen molar-refractivity contribution in [1.82, 2.24) is 31.9 Å². The minimum absolute atomic E-state index is 0.233. The van der Waals surface area contributed by atoms with Gasteiger partial charge in [-0.15, -0.1) is 0 Å². The number of carbonyl (C=O) groups excluding carboxylic acids is 4. The van der Waals surface area contributed by atoms with Crippen LogP contribution >= 0.6 is 0 Å². The van der Waals surface area contributed by atoms with Gasteiger partial charge in [-0.1, -0.05) is 282 Å². The molecule has 584 valence electrons. The van der Waals surface area contributed by atoms with Crippen LogP contribution in [0.15, 0.2) is 48.6 Å². The van der Waals surface area contributed by atoms with Gasteiger partial charge in [-0.25, -0.2) is 10.6 Å². The third-order valence-electron chi connectivity index (χ3n) is 17.2. The summed E-state index contributed by atoms with van der Waals surface area (Å²) in [6, 6.07) is 0. The zero-order chi connectivity index (χ0) is 74.3. The lowest BCUT2D eigenvalue weighted by Crippen LogP contribution is -2.72. The Morgan fingerprint density at radius 2 is 0.394 bits per heavy atom. The maximum Gasteiger partial charge on any atom is 0.394 e. The molecule has 4 amide bonds. The largest absolute Gasteiger partial charge is 0.394 e. The first-order valence-electron chi connectivity index (χ1n) is 40.3. The van der Waals surface area contributed by atoms with Gasteiger partial charge in [0, 0.05) is 39.5 Å². The molecule has 0 aromatic rings. The average molecular weight is 1430 g/mol. The first kappa shape index (κ1) is 99.6. The highest BCUT2D eigenvalue weighted by Crippen LogP contribution is 2.17. The summed E-state index contributed by atoms with van der Waals surface area (Å²) in [4.78, 5) is 50.8. The lowest BCUT2D eigenvalue weighted by molar-refractivity contribution is -0.193. The van der Waals surface area contributed by atoms with Gasteiger partial charge in [-0.3, -0.25) is 28.3 Å². The Labute approximate surface area is 607 Å². The molecular weight excluding hydrogens is 1270 g/mol. The Hall–Kier alpha value is -3.53. The van der Waals surface area contributed by atoms with Crippen molar-refractivity contribution in [2.75, 3.05) is 0 Å². The van der Waals surface area contributed by atoms with Gasteiger partial charge in [0.25, 0.3) is 0 Å². The summed E-state index contributed by atoms with van der Waals surface area (Å²) in [5.41, 5.74) is 0. The molecule has 0 spiro atoms. The van der Waals surface area contributed by atoms with Crippen LogP contribution in [0, 0.1) is 0 Å². The van der Waals surface area contributed by atoms with Gasteiger partial charge in [0.2, 0.25) is 35.5 Å². The van der Waals surface area contributed by atoms with Crippen molar-refractivity contribution in [1.29, 1.82) is 0 Å². The zero-order valence-electron chi connectivity index (χ0n) is 64.8. The molecule has 0 aliphatic carbocycles. The van der Waals surface area contributed by atoms with E-state index in [4.69, 9.17) is 17.5 Å². The Kier molecular flexibility index (Phi) is 70.6. The smallest absolute Gasteiger partial charge is 0.354 e. The fourth-order valence-corrected chi connectivity index (χ4v) is 11.9. The number of hydrogen-bond donors (Lipinski definition) is 12. The van der Waals surface area contributed by atoms with E-state index in [2.05, 4.69) is 108 Å². The molecule has 99 heavy (non-hydrogen) atoms. The molecule has 0 aliphatic rings. The molecule has 0 aliphatic heterocycles. The summed E-state index contributed by atoms with van der Waals surface area (Å²) in [6.07, 6.45) is 81.9. The topological polar surface area (TPSA) is 296 Å². The predicted octanol–water partition coefficient (Wildman–Crippen LogP) is 19.8. The average Bonchev–Trinajstić information content (AvgIpc) is 0.854. The van der Waals surface area contributed by atoms with Gasteiger partial charge in [-0.2, -0.15) is 8.42 Å². The van der Waals surface area contributed by atoms with Gasteiger partial charge in [0.05, 0.1) is 0 Å². The van der Waals surface area contributed by atoms with Crippen molar-refractivity contribution in [3.8, 4) is 0 Å². The Morgan fingerprint density at radius 1 is 0.263 bits per heavy atom. The molecular formula is C80H156N6O12S. The predicted molar refractivity (Wildman–Crippen MR) is 413 cm³/mol. The van der Waals surface area contributed by atoms with Gasteiger partial charge in [-0.05, 0) is 142 Å². The van der Waals surface area contributed by atoms with Gasteiger partial charge < -0.3 is 41.7 Å². The number of nitrogens with one attached hydrogen (secondary N) is 6. The minimum Gasteiger partial charge on any atom is -0.354 e. The molecule has 0 unspecified atom stereocenters. The number of amides is 4. The van der Waals surface area contributed by atoms with E-state index in [1.54, 1.807) is 13.8 Å². The summed E-state index contributed by atoms with van der Waals surface area (Å²) < 4.78 is 31.6. The van der Waals surface area contributed by atoms with E-state index in [9.17, 15) is 39.6 Å². The molecule has 0 saturated heterocycles. The van der Waals surface area contributed by atoms with Gasteiger partial charge >= 0.3 is 10.4 Å². The number of aliphatic hydroxyl groups is 4. The molecule has 0 fully saturated rings. The molecule has 0 aromatic carbocycles. The minimum atomic E-state index is -4.67. The normalized spacial score (nSPS) is 12.3. The van der Waals surface area contributed by atoms with E-state index >= 15 is 0 Å². The quantitative estimate of drug-likeness (QED) is 0.0117. The van der Waals surface area contributed by atoms with E-state index in [0.717, 1.165) is 142 Å². The van der Waals surface area contributed by atoms with Crippen molar-refractivity contribution in [3.05, 3.63) is 48.6 Å². The highest BCUT2D eigenvalue weighted by Gasteiger charge is 2.35. The van der Waals surface area contributed by atoms with Crippen molar-refractivity contribution in [3.63, 3.8) is 0 Å². The summed E-state index contributed by atoms with van der Waals surface area (Å²) in [6.45, 7) is 14.4. The van der Waals surface area contributed by atoms with Crippen LogP contribution in [0.5, 0.6) is 0 Å². The van der Waals surface area contributed by atoms with E-state index in [-0.39, 0.29) is 23.6 Å². The molecule has 19 heteroatoms. The van der Waals surface area contributed by atoms with Crippen LogP contribution in [0.1, 0.15) is 415 Å². The highest BCUT2D eigenvalue weighted by molar-refractivity contribution is 7.79. The van der Waals surface area contributed by atoms with Gasteiger partial charge in [0.1, 0.15) is 0 Å². The van der Waals surface area contributed by atoms with Crippen molar-refractivity contribution in [2.45, 2.75) is 438 Å². The zero-order valence-corrected chi connectivity index (χ0v) is 65.6. The van der Waals surface area contributed by atoms with Crippen LogP contribution < -0.4 is 31.9 Å². The number of unbranched alkanes of at least 4 members (excludes halogenated alkanes) is 44. The standard InChI is InChI=1S/2C40H77N3O4.H2O4S/c2*1-5-7-9-11-13-15-17-19-21-23-25-27-29-31-33-35-37(44)41-39(3,43-40(4,46)47)42-38(45)36-34-32-30-28-26-24-22-20-18-16-14-12-10-8-6-2;1-5(2,3)4/h2*19-22,43,46-47H,5-18,23-36H2,1-4H3,(H,41,44)(H,42,45);(H2,1,2,3,4)/b2*21-19-,22-20-;. The van der Waals surface area contributed by atoms with E-state index in [1.807, 2.05) is 0 Å². The second-order valence-corrected chi connectivity index (χ2v) is 29.4. The van der Waals surface area contributed by atoms with Gasteiger partial charge in [0.15, 0.2) is 11.6 Å². The highest BCUT2D eigenvalue weighted by atomic mass is 32.3. The molecule has 0 saturated carbocycles. The molecule has 0 radical (unpaired) electrons. The molecule has 0 heterocycles. The first-order chi connectivity index (χ1) is 47.2. The maximum atomic E-state index is 12.7. The van der Waals surface area contributed by atoms with Crippen LogP contribution in [0.2, 0.25) is 0 Å². The van der Waals surface area contributed by atoms with E-state index in [0.29, 0.717) is 25.7 Å². The SMILES string of the molecule is CCCCCCCC/C=C\CCCCCCCC(=O)NC(C)(NC(=O)CCCCCCC/C=C\CCCCCCCC)NC(C)(O)O.CCCCCCCC/C=C\CCCCCCCC(=O)NC(C)(NC(=O)CCCCCCC/C=C\CCCCCCCC)NC(C)(O)O.O=S(=O)(O)O. The number of carbonyl (C=O) groups is 4. The fraction of sp³-hybridized carbons (Fsp3) is 0.850. The Balaban J connectivity index is -0.00000174. The summed E-state index contributed by atoms with van der Waals surface area (Å²) in [5, 5.41) is 55.9. The lowest BCUT2D eigenvalue weighted by Gasteiger charge is -2.37. The molecule has 0 bridgehead atoms. The second-order valence-electron chi connectivity index (χ2n) is 28.5. The second kappa shape index (κ2) is 70.1. The summed E-state index contributed by atoms with van der Waals surface area (Å²) in [7, 11) is -4.67. The Morgan fingerprint density at radius 3 is 0.535 bits per heavy atom. The van der Waals surface area contributed by atoms with Crippen molar-refractivity contribution in [2.24, 2.45) is 0 Å². The van der Waals surface area contributed by atoms with E-state index in [1.165, 1.54) is 205 Å². The van der Waals surface area contributed by atoms with Crippen molar-refractivity contribution < 1.29 is 57.1 Å². The Bertz CT molecular complexity index is 1850.